The average molecular weight is 265 g/mol. The molecule has 0 unspecified atom stereocenters. The SMILES string of the molecule is COCCCN1CCOc2ccc(C(=O)OC)cc21. The fourth-order valence-electron chi connectivity index (χ4n) is 2.15. The largest absolute Gasteiger partial charge is 0.490 e. The highest BCUT2D eigenvalue weighted by molar-refractivity contribution is 5.91. The first-order valence-corrected chi connectivity index (χ1v) is 6.35. The van der Waals surface area contributed by atoms with Gasteiger partial charge in [0.05, 0.1) is 24.9 Å². The second kappa shape index (κ2) is 6.43. The number of hydrogen-bond donors (Lipinski definition) is 0. The van der Waals surface area contributed by atoms with Gasteiger partial charge in [0.2, 0.25) is 0 Å². The topological polar surface area (TPSA) is 48.0 Å². The molecule has 1 aromatic carbocycles. The van der Waals surface area contributed by atoms with E-state index in [0.29, 0.717) is 12.2 Å². The van der Waals surface area contributed by atoms with E-state index in [1.165, 1.54) is 7.11 Å². The van der Waals surface area contributed by atoms with E-state index in [1.54, 1.807) is 13.2 Å². The molecule has 1 aromatic rings. The molecule has 0 radical (unpaired) electrons. The smallest absolute Gasteiger partial charge is 0.337 e. The van der Waals surface area contributed by atoms with Crippen molar-refractivity contribution in [1.29, 1.82) is 0 Å². The van der Waals surface area contributed by atoms with Crippen LogP contribution in [-0.4, -0.2) is 46.5 Å². The number of anilines is 1. The van der Waals surface area contributed by atoms with Gasteiger partial charge in [0.25, 0.3) is 0 Å². The van der Waals surface area contributed by atoms with Crippen LogP contribution in [0.3, 0.4) is 0 Å². The van der Waals surface area contributed by atoms with Crippen molar-refractivity contribution < 1.29 is 19.0 Å². The number of ether oxygens (including phenoxy) is 3. The highest BCUT2D eigenvalue weighted by Crippen LogP contribution is 2.32. The number of hydrogen-bond acceptors (Lipinski definition) is 5. The third kappa shape index (κ3) is 3.17. The fraction of sp³-hybridized carbons (Fsp3) is 0.500. The van der Waals surface area contributed by atoms with Crippen LogP contribution in [0.25, 0.3) is 0 Å². The second-order valence-electron chi connectivity index (χ2n) is 4.36. The summed E-state index contributed by atoms with van der Waals surface area (Å²) in [5.41, 5.74) is 1.49. The first-order valence-electron chi connectivity index (χ1n) is 6.35. The van der Waals surface area contributed by atoms with Gasteiger partial charge in [-0.1, -0.05) is 0 Å². The summed E-state index contributed by atoms with van der Waals surface area (Å²) < 4.78 is 15.4. The van der Waals surface area contributed by atoms with Gasteiger partial charge in [-0.25, -0.2) is 4.79 Å². The molecular formula is C14H19NO4. The first kappa shape index (κ1) is 13.7. The third-order valence-electron chi connectivity index (χ3n) is 3.12. The Morgan fingerprint density at radius 1 is 1.42 bits per heavy atom. The second-order valence-corrected chi connectivity index (χ2v) is 4.36. The quantitative estimate of drug-likeness (QED) is 0.599. The Kier molecular flexibility index (Phi) is 4.63. The normalized spacial score (nSPS) is 13.7. The molecule has 104 valence electrons. The van der Waals surface area contributed by atoms with Gasteiger partial charge in [-0.2, -0.15) is 0 Å². The van der Waals surface area contributed by atoms with Crippen molar-refractivity contribution in [2.75, 3.05) is 45.4 Å². The van der Waals surface area contributed by atoms with Crippen molar-refractivity contribution in [2.45, 2.75) is 6.42 Å². The summed E-state index contributed by atoms with van der Waals surface area (Å²) in [5, 5.41) is 0. The molecule has 0 amide bonds. The molecule has 0 fully saturated rings. The van der Waals surface area contributed by atoms with Gasteiger partial charge in [-0.3, -0.25) is 0 Å². The van der Waals surface area contributed by atoms with Crippen molar-refractivity contribution in [3.8, 4) is 5.75 Å². The highest BCUT2D eigenvalue weighted by atomic mass is 16.5. The Morgan fingerprint density at radius 3 is 3.00 bits per heavy atom. The lowest BCUT2D eigenvalue weighted by Crippen LogP contribution is -2.34. The highest BCUT2D eigenvalue weighted by Gasteiger charge is 2.19. The fourth-order valence-corrected chi connectivity index (χ4v) is 2.15. The summed E-state index contributed by atoms with van der Waals surface area (Å²) in [7, 11) is 3.08. The summed E-state index contributed by atoms with van der Waals surface area (Å²) in [6.45, 7) is 3.09. The molecule has 2 rings (SSSR count). The van der Waals surface area contributed by atoms with Crippen LogP contribution in [0.5, 0.6) is 5.75 Å². The summed E-state index contributed by atoms with van der Waals surface area (Å²) in [6.07, 6.45) is 0.943. The van der Waals surface area contributed by atoms with Crippen molar-refractivity contribution in [3.05, 3.63) is 23.8 Å². The number of methoxy groups -OCH3 is 2. The minimum atomic E-state index is -0.329. The number of nitrogens with zero attached hydrogens (tertiary/aromatic N) is 1. The molecule has 5 nitrogen and oxygen atoms in total. The van der Waals surface area contributed by atoms with Crippen LogP contribution >= 0.6 is 0 Å². The van der Waals surface area contributed by atoms with Gasteiger partial charge < -0.3 is 19.1 Å². The van der Waals surface area contributed by atoms with Crippen LogP contribution < -0.4 is 9.64 Å². The van der Waals surface area contributed by atoms with E-state index >= 15 is 0 Å². The molecule has 1 heterocycles. The summed E-state index contributed by atoms with van der Waals surface area (Å²) in [4.78, 5) is 13.8. The summed E-state index contributed by atoms with van der Waals surface area (Å²) in [6, 6.07) is 5.38. The lowest BCUT2D eigenvalue weighted by atomic mass is 10.1. The summed E-state index contributed by atoms with van der Waals surface area (Å²) in [5.74, 6) is 0.488. The van der Waals surface area contributed by atoms with Crippen LogP contribution in [0.4, 0.5) is 5.69 Å². The number of carbonyl (C=O) groups excluding carboxylic acids is 1. The number of rotatable bonds is 5. The Bertz CT molecular complexity index is 447. The van der Waals surface area contributed by atoms with Gasteiger partial charge in [0, 0.05) is 20.3 Å². The molecule has 1 aliphatic heterocycles. The van der Waals surface area contributed by atoms with Crippen LogP contribution in [0.1, 0.15) is 16.8 Å². The van der Waals surface area contributed by atoms with E-state index in [9.17, 15) is 4.79 Å². The molecule has 0 atom stereocenters. The van der Waals surface area contributed by atoms with E-state index < -0.39 is 0 Å². The maximum Gasteiger partial charge on any atom is 0.337 e. The van der Waals surface area contributed by atoms with Crippen LogP contribution in [-0.2, 0) is 9.47 Å². The average Bonchev–Trinajstić information content (AvgIpc) is 2.46. The van der Waals surface area contributed by atoms with Gasteiger partial charge in [0.15, 0.2) is 0 Å². The first-order chi connectivity index (χ1) is 9.26. The molecule has 0 aliphatic carbocycles. The lowest BCUT2D eigenvalue weighted by Gasteiger charge is -2.31. The zero-order chi connectivity index (χ0) is 13.7. The van der Waals surface area contributed by atoms with Gasteiger partial charge in [-0.05, 0) is 24.6 Å². The van der Waals surface area contributed by atoms with Crippen molar-refractivity contribution in [2.24, 2.45) is 0 Å². The minimum absolute atomic E-state index is 0.329. The molecule has 1 aliphatic rings. The predicted molar refractivity (Wildman–Crippen MR) is 72.0 cm³/mol. The van der Waals surface area contributed by atoms with E-state index in [2.05, 4.69) is 4.90 Å². The molecule has 0 N–H and O–H groups in total. The molecule has 0 aromatic heterocycles. The van der Waals surface area contributed by atoms with Gasteiger partial charge >= 0.3 is 5.97 Å². The zero-order valence-electron chi connectivity index (χ0n) is 11.3. The zero-order valence-corrected chi connectivity index (χ0v) is 11.3. The van der Waals surface area contributed by atoms with Crippen molar-refractivity contribution in [3.63, 3.8) is 0 Å². The maximum atomic E-state index is 11.6. The number of esters is 1. The molecule has 0 spiro atoms. The molecule has 19 heavy (non-hydrogen) atoms. The summed E-state index contributed by atoms with van der Waals surface area (Å²) >= 11 is 0. The van der Waals surface area contributed by atoms with E-state index in [4.69, 9.17) is 14.2 Å². The predicted octanol–water partition coefficient (Wildman–Crippen LogP) is 1.71. The van der Waals surface area contributed by atoms with E-state index in [1.807, 2.05) is 12.1 Å². The van der Waals surface area contributed by atoms with E-state index in [0.717, 1.165) is 37.6 Å². The van der Waals surface area contributed by atoms with Crippen LogP contribution in [0, 0.1) is 0 Å². The third-order valence-corrected chi connectivity index (χ3v) is 3.12. The number of benzene rings is 1. The number of fused-ring (bicyclic) bond motifs is 1. The van der Waals surface area contributed by atoms with Crippen molar-refractivity contribution in [1.82, 2.24) is 0 Å². The minimum Gasteiger partial charge on any atom is -0.490 e. The monoisotopic (exact) mass is 265 g/mol. The molecule has 0 saturated carbocycles. The maximum absolute atomic E-state index is 11.6. The van der Waals surface area contributed by atoms with Crippen LogP contribution in [0.15, 0.2) is 18.2 Å². The van der Waals surface area contributed by atoms with E-state index in [-0.39, 0.29) is 5.97 Å². The Morgan fingerprint density at radius 2 is 2.26 bits per heavy atom. The number of carbonyl (C=O) groups is 1. The molecular weight excluding hydrogens is 246 g/mol. The van der Waals surface area contributed by atoms with Gasteiger partial charge in [-0.15, -0.1) is 0 Å². The standard InChI is InChI=1S/C14H19NO4/c1-17-8-3-6-15-7-9-19-13-5-4-11(10-12(13)15)14(16)18-2/h4-5,10H,3,6-9H2,1-2H3. The Hall–Kier alpha value is -1.75. The van der Waals surface area contributed by atoms with Crippen LogP contribution in [0.2, 0.25) is 0 Å². The molecule has 0 bridgehead atoms. The Labute approximate surface area is 113 Å². The van der Waals surface area contributed by atoms with Gasteiger partial charge in [0.1, 0.15) is 12.4 Å². The lowest BCUT2D eigenvalue weighted by molar-refractivity contribution is 0.0600. The van der Waals surface area contributed by atoms with Crippen molar-refractivity contribution >= 4 is 11.7 Å². The Balaban J connectivity index is 2.17. The molecule has 5 heteroatoms. The molecule has 0 saturated heterocycles.